The number of carbonyl (C=O) groups excluding carboxylic acids is 1. The Balaban J connectivity index is 1.91. The van der Waals surface area contributed by atoms with Gasteiger partial charge in [0, 0.05) is 32.2 Å². The first-order valence-corrected chi connectivity index (χ1v) is 7.27. The maximum Gasteiger partial charge on any atom is 0.263 e. The number of ether oxygens (including phenoxy) is 1. The average Bonchev–Trinajstić information content (AvgIpc) is 3.08. The van der Waals surface area contributed by atoms with E-state index in [1.165, 1.54) is 11.3 Å². The van der Waals surface area contributed by atoms with Gasteiger partial charge < -0.3 is 14.6 Å². The highest BCUT2D eigenvalue weighted by Gasteiger charge is 2.13. The van der Waals surface area contributed by atoms with Gasteiger partial charge in [-0.05, 0) is 36.9 Å². The molecule has 4 nitrogen and oxygen atoms in total. The van der Waals surface area contributed by atoms with Crippen LogP contribution in [0.3, 0.4) is 0 Å². The molecule has 2 aromatic heterocycles. The second-order valence-electron chi connectivity index (χ2n) is 4.03. The standard InChI is InChI=1S/C14H18N2O2S/c1-2-18-10-5-7-15-14(17)13-12(6-11-19-13)16-8-3-4-9-16/h3-4,6,8-9,11H,2,5,7,10H2,1H3,(H,15,17). The van der Waals surface area contributed by atoms with E-state index in [2.05, 4.69) is 5.32 Å². The van der Waals surface area contributed by atoms with Crippen molar-refractivity contribution in [3.63, 3.8) is 0 Å². The van der Waals surface area contributed by atoms with Crippen molar-refractivity contribution in [3.05, 3.63) is 40.8 Å². The number of rotatable bonds is 7. The summed E-state index contributed by atoms with van der Waals surface area (Å²) in [5, 5.41) is 4.86. The molecule has 2 heterocycles. The van der Waals surface area contributed by atoms with Gasteiger partial charge in [-0.3, -0.25) is 4.79 Å². The molecule has 0 fully saturated rings. The smallest absolute Gasteiger partial charge is 0.263 e. The molecule has 1 amide bonds. The first-order chi connectivity index (χ1) is 9.33. The zero-order chi connectivity index (χ0) is 13.5. The van der Waals surface area contributed by atoms with E-state index >= 15 is 0 Å². The van der Waals surface area contributed by atoms with Crippen molar-refractivity contribution in [1.29, 1.82) is 0 Å². The first-order valence-electron chi connectivity index (χ1n) is 6.39. The number of aromatic nitrogens is 1. The molecule has 0 aliphatic carbocycles. The molecule has 0 atom stereocenters. The largest absolute Gasteiger partial charge is 0.382 e. The summed E-state index contributed by atoms with van der Waals surface area (Å²) >= 11 is 1.46. The highest BCUT2D eigenvalue weighted by molar-refractivity contribution is 7.12. The third-order valence-electron chi connectivity index (χ3n) is 2.69. The van der Waals surface area contributed by atoms with Crippen LogP contribution in [0.25, 0.3) is 5.69 Å². The van der Waals surface area contributed by atoms with Crippen LogP contribution in [-0.4, -0.2) is 30.2 Å². The fourth-order valence-corrected chi connectivity index (χ4v) is 2.58. The monoisotopic (exact) mass is 278 g/mol. The van der Waals surface area contributed by atoms with Crippen molar-refractivity contribution in [2.75, 3.05) is 19.8 Å². The van der Waals surface area contributed by atoms with Crippen LogP contribution in [0.15, 0.2) is 36.0 Å². The molecule has 0 bridgehead atoms. The Bertz CT molecular complexity index is 505. The molecule has 0 aliphatic heterocycles. The maximum absolute atomic E-state index is 12.1. The minimum atomic E-state index is -0.0183. The highest BCUT2D eigenvalue weighted by Crippen LogP contribution is 2.21. The molecule has 102 valence electrons. The van der Waals surface area contributed by atoms with Gasteiger partial charge in [0.25, 0.3) is 5.91 Å². The third-order valence-corrected chi connectivity index (χ3v) is 3.59. The molecule has 0 saturated heterocycles. The quantitative estimate of drug-likeness (QED) is 0.791. The van der Waals surface area contributed by atoms with Crippen molar-refractivity contribution in [3.8, 4) is 5.69 Å². The van der Waals surface area contributed by atoms with E-state index in [9.17, 15) is 4.79 Å². The zero-order valence-electron chi connectivity index (χ0n) is 11.0. The lowest BCUT2D eigenvalue weighted by Gasteiger charge is -2.07. The molecule has 0 spiro atoms. The minimum absolute atomic E-state index is 0.0183. The fraction of sp³-hybridized carbons (Fsp3) is 0.357. The number of hydrogen-bond acceptors (Lipinski definition) is 3. The van der Waals surface area contributed by atoms with Crippen LogP contribution < -0.4 is 5.32 Å². The lowest BCUT2D eigenvalue weighted by atomic mass is 10.3. The normalized spacial score (nSPS) is 10.6. The number of nitrogens with zero attached hydrogens (tertiary/aromatic N) is 1. The predicted octanol–water partition coefficient (Wildman–Crippen LogP) is 2.70. The zero-order valence-corrected chi connectivity index (χ0v) is 11.8. The summed E-state index contributed by atoms with van der Waals surface area (Å²) < 4.78 is 7.19. The van der Waals surface area contributed by atoms with Gasteiger partial charge in [-0.1, -0.05) is 0 Å². The van der Waals surface area contributed by atoms with E-state index in [0.717, 1.165) is 23.6 Å². The van der Waals surface area contributed by atoms with Gasteiger partial charge in [0.1, 0.15) is 4.88 Å². The van der Waals surface area contributed by atoms with Gasteiger partial charge in [0.2, 0.25) is 0 Å². The summed E-state index contributed by atoms with van der Waals surface area (Å²) in [4.78, 5) is 12.8. The van der Waals surface area contributed by atoms with Crippen LogP contribution in [0.1, 0.15) is 23.0 Å². The van der Waals surface area contributed by atoms with Gasteiger partial charge in [-0.25, -0.2) is 0 Å². The lowest BCUT2D eigenvalue weighted by molar-refractivity contribution is 0.0948. The lowest BCUT2D eigenvalue weighted by Crippen LogP contribution is -2.25. The van der Waals surface area contributed by atoms with Gasteiger partial charge in [-0.15, -0.1) is 11.3 Å². The summed E-state index contributed by atoms with van der Waals surface area (Å²) in [6.07, 6.45) is 4.71. The number of thiophene rings is 1. The Morgan fingerprint density at radius 2 is 2.21 bits per heavy atom. The molecule has 0 aliphatic rings. The topological polar surface area (TPSA) is 43.3 Å². The van der Waals surface area contributed by atoms with Crippen molar-refractivity contribution >= 4 is 17.2 Å². The van der Waals surface area contributed by atoms with E-state index in [-0.39, 0.29) is 5.91 Å². The van der Waals surface area contributed by atoms with E-state index in [1.54, 1.807) is 0 Å². The van der Waals surface area contributed by atoms with E-state index in [0.29, 0.717) is 13.2 Å². The molecule has 5 heteroatoms. The van der Waals surface area contributed by atoms with Crippen LogP contribution in [0.2, 0.25) is 0 Å². The molecule has 2 rings (SSSR count). The summed E-state index contributed by atoms with van der Waals surface area (Å²) in [6, 6.07) is 5.85. The van der Waals surface area contributed by atoms with Gasteiger partial charge in [-0.2, -0.15) is 0 Å². The summed E-state index contributed by atoms with van der Waals surface area (Å²) in [5.74, 6) is -0.0183. The molecule has 0 radical (unpaired) electrons. The molecular formula is C14H18N2O2S. The molecule has 0 unspecified atom stereocenters. The maximum atomic E-state index is 12.1. The predicted molar refractivity (Wildman–Crippen MR) is 77.1 cm³/mol. The highest BCUT2D eigenvalue weighted by atomic mass is 32.1. The Morgan fingerprint density at radius 1 is 1.42 bits per heavy atom. The molecule has 0 saturated carbocycles. The second-order valence-corrected chi connectivity index (χ2v) is 4.95. The Hall–Kier alpha value is -1.59. The number of carbonyl (C=O) groups is 1. The number of nitrogens with one attached hydrogen (secondary N) is 1. The van der Waals surface area contributed by atoms with E-state index in [4.69, 9.17) is 4.74 Å². The molecule has 19 heavy (non-hydrogen) atoms. The molecular weight excluding hydrogens is 260 g/mol. The SMILES string of the molecule is CCOCCCNC(=O)c1sccc1-n1cccc1. The second kappa shape index (κ2) is 7.11. The third kappa shape index (κ3) is 3.68. The Labute approximate surface area is 117 Å². The Morgan fingerprint density at radius 3 is 2.95 bits per heavy atom. The van der Waals surface area contributed by atoms with Crippen LogP contribution in [-0.2, 0) is 4.74 Å². The van der Waals surface area contributed by atoms with E-state index in [1.807, 2.05) is 47.5 Å². The van der Waals surface area contributed by atoms with Gasteiger partial charge >= 0.3 is 0 Å². The number of hydrogen-bond donors (Lipinski definition) is 1. The summed E-state index contributed by atoms with van der Waals surface area (Å²) in [6.45, 7) is 4.01. The van der Waals surface area contributed by atoms with Crippen molar-refractivity contribution in [2.24, 2.45) is 0 Å². The van der Waals surface area contributed by atoms with Crippen LogP contribution in [0.5, 0.6) is 0 Å². The van der Waals surface area contributed by atoms with Crippen LogP contribution >= 0.6 is 11.3 Å². The average molecular weight is 278 g/mol. The molecule has 2 aromatic rings. The van der Waals surface area contributed by atoms with Crippen LogP contribution in [0.4, 0.5) is 0 Å². The van der Waals surface area contributed by atoms with Crippen molar-refractivity contribution in [2.45, 2.75) is 13.3 Å². The van der Waals surface area contributed by atoms with Gasteiger partial charge in [0.15, 0.2) is 0 Å². The van der Waals surface area contributed by atoms with E-state index < -0.39 is 0 Å². The van der Waals surface area contributed by atoms with Crippen molar-refractivity contribution < 1.29 is 9.53 Å². The molecule has 1 N–H and O–H groups in total. The minimum Gasteiger partial charge on any atom is -0.382 e. The summed E-state index contributed by atoms with van der Waals surface area (Å²) in [7, 11) is 0. The first kappa shape index (κ1) is 13.8. The number of amides is 1. The van der Waals surface area contributed by atoms with Crippen LogP contribution in [0, 0.1) is 0 Å². The van der Waals surface area contributed by atoms with Gasteiger partial charge in [0.05, 0.1) is 5.69 Å². The molecule has 0 aromatic carbocycles. The van der Waals surface area contributed by atoms with Crippen molar-refractivity contribution in [1.82, 2.24) is 9.88 Å². The Kier molecular flexibility index (Phi) is 5.18. The summed E-state index contributed by atoms with van der Waals surface area (Å²) in [5.41, 5.74) is 0.928. The fourth-order valence-electron chi connectivity index (χ4n) is 1.77.